The molecule has 0 bridgehead atoms. The Morgan fingerprint density at radius 2 is 1.16 bits per heavy atom. The van der Waals surface area contributed by atoms with Gasteiger partial charge in [0.2, 0.25) is 0 Å². The van der Waals surface area contributed by atoms with E-state index in [9.17, 15) is 14.4 Å². The molecule has 0 aromatic heterocycles. The van der Waals surface area contributed by atoms with Crippen LogP contribution >= 0.6 is 11.8 Å². The molecule has 0 saturated heterocycles. The van der Waals surface area contributed by atoms with Crippen LogP contribution in [0.1, 0.15) is 20.8 Å². The van der Waals surface area contributed by atoms with Gasteiger partial charge in [-0.25, -0.2) is 14.4 Å². The van der Waals surface area contributed by atoms with Crippen molar-refractivity contribution in [3.8, 4) is 28.4 Å². The molecule has 0 fully saturated rings. The Labute approximate surface area is 191 Å². The summed E-state index contributed by atoms with van der Waals surface area (Å²) in [6, 6.07) is 10.1. The Hall–Kier alpha value is -3.58. The molecule has 0 N–H and O–H groups in total. The Morgan fingerprint density at radius 1 is 0.719 bits per heavy atom. The van der Waals surface area contributed by atoms with Crippen LogP contribution in [-0.4, -0.2) is 24.2 Å². The minimum Gasteiger partial charge on any atom is -0.423 e. The van der Waals surface area contributed by atoms with Crippen molar-refractivity contribution in [2.45, 2.75) is 25.7 Å². The van der Waals surface area contributed by atoms with Crippen LogP contribution in [0, 0.1) is 0 Å². The second kappa shape index (κ2) is 10.6. The Morgan fingerprint density at radius 3 is 1.59 bits per heavy atom. The van der Waals surface area contributed by atoms with E-state index in [1.807, 2.05) is 6.26 Å². The summed E-state index contributed by atoms with van der Waals surface area (Å²) in [4.78, 5) is 36.7. The van der Waals surface area contributed by atoms with Crippen LogP contribution in [0.3, 0.4) is 0 Å². The van der Waals surface area contributed by atoms with Gasteiger partial charge in [0.25, 0.3) is 0 Å². The summed E-state index contributed by atoms with van der Waals surface area (Å²) < 4.78 is 16.0. The predicted octanol–water partition coefficient (Wildman–Crippen LogP) is 5.52. The van der Waals surface area contributed by atoms with Gasteiger partial charge in [0.15, 0.2) is 11.5 Å². The average Bonchev–Trinajstić information content (AvgIpc) is 2.74. The van der Waals surface area contributed by atoms with Crippen molar-refractivity contribution in [3.63, 3.8) is 0 Å². The number of ether oxygens (including phenoxy) is 3. The fourth-order valence-electron chi connectivity index (χ4n) is 2.37. The van der Waals surface area contributed by atoms with Gasteiger partial charge in [0, 0.05) is 21.6 Å². The molecule has 166 valence electrons. The fraction of sp³-hybridized carbons (Fsp3) is 0.160. The molecular formula is C25H24O6S. The SMILES string of the molecule is C=C(C)C(=O)Oc1ccc(-c2cc(OC(=O)C(=C)C)c(OC(=O)C(=C)C)cc2SC)cc1. The smallest absolute Gasteiger partial charge is 0.338 e. The topological polar surface area (TPSA) is 78.9 Å². The molecule has 2 aromatic rings. The molecule has 6 nitrogen and oxygen atoms in total. The molecule has 0 amide bonds. The van der Waals surface area contributed by atoms with E-state index in [-0.39, 0.29) is 22.6 Å². The summed E-state index contributed by atoms with van der Waals surface area (Å²) >= 11 is 1.42. The first-order valence-electron chi connectivity index (χ1n) is 9.49. The zero-order valence-corrected chi connectivity index (χ0v) is 19.3. The minimum absolute atomic E-state index is 0.0678. The van der Waals surface area contributed by atoms with Crippen molar-refractivity contribution >= 4 is 29.7 Å². The summed E-state index contributed by atoms with van der Waals surface area (Å²) in [7, 11) is 0. The maximum Gasteiger partial charge on any atom is 0.338 e. The highest BCUT2D eigenvalue weighted by atomic mass is 32.2. The Balaban J connectivity index is 2.51. The second-order valence-corrected chi connectivity index (χ2v) is 7.88. The Bertz CT molecular complexity index is 1110. The molecule has 32 heavy (non-hydrogen) atoms. The highest BCUT2D eigenvalue weighted by Crippen LogP contribution is 2.41. The highest BCUT2D eigenvalue weighted by molar-refractivity contribution is 7.98. The van der Waals surface area contributed by atoms with Gasteiger partial charge in [0.05, 0.1) is 0 Å². The van der Waals surface area contributed by atoms with Gasteiger partial charge in [-0.1, -0.05) is 31.9 Å². The van der Waals surface area contributed by atoms with E-state index in [1.54, 1.807) is 43.3 Å². The van der Waals surface area contributed by atoms with Gasteiger partial charge in [-0.15, -0.1) is 11.8 Å². The second-order valence-electron chi connectivity index (χ2n) is 7.03. The lowest BCUT2D eigenvalue weighted by Crippen LogP contribution is -2.13. The van der Waals surface area contributed by atoms with E-state index in [2.05, 4.69) is 19.7 Å². The molecule has 0 heterocycles. The number of rotatable bonds is 8. The molecule has 0 unspecified atom stereocenters. The third-order valence-electron chi connectivity index (χ3n) is 4.09. The Kier molecular flexibility index (Phi) is 8.21. The summed E-state index contributed by atoms with van der Waals surface area (Å²) in [6.45, 7) is 15.3. The molecule has 0 aliphatic rings. The van der Waals surface area contributed by atoms with E-state index in [0.29, 0.717) is 11.3 Å². The lowest BCUT2D eigenvalue weighted by atomic mass is 10.0. The standard InChI is InChI=1S/C25H24O6S/c1-14(2)23(26)29-18-10-8-17(9-11-18)19-12-20(30-24(27)15(3)4)21(13-22(19)32-7)31-25(28)16(5)6/h8-13H,1,3,5H2,2,4,6-7H3. The summed E-state index contributed by atoms with van der Waals surface area (Å²) in [5, 5.41) is 0. The number of carbonyl (C=O) groups excluding carboxylic acids is 3. The van der Waals surface area contributed by atoms with Crippen molar-refractivity contribution in [3.05, 3.63) is 72.9 Å². The fourth-order valence-corrected chi connectivity index (χ4v) is 2.99. The number of esters is 3. The largest absolute Gasteiger partial charge is 0.423 e. The first-order chi connectivity index (χ1) is 15.0. The molecule has 0 radical (unpaired) electrons. The van der Waals surface area contributed by atoms with Crippen LogP contribution in [-0.2, 0) is 14.4 Å². The van der Waals surface area contributed by atoms with Gasteiger partial charge < -0.3 is 14.2 Å². The van der Waals surface area contributed by atoms with Crippen molar-refractivity contribution in [1.82, 2.24) is 0 Å². The summed E-state index contributed by atoms with van der Waals surface area (Å²) in [5.41, 5.74) is 2.20. The first-order valence-corrected chi connectivity index (χ1v) is 10.7. The lowest BCUT2D eigenvalue weighted by molar-refractivity contribution is -0.132. The summed E-state index contributed by atoms with van der Waals surface area (Å²) in [5.74, 6) is -1.27. The molecule has 0 spiro atoms. The van der Waals surface area contributed by atoms with Crippen LogP contribution in [0.15, 0.2) is 77.7 Å². The van der Waals surface area contributed by atoms with Gasteiger partial charge in [0.1, 0.15) is 5.75 Å². The highest BCUT2D eigenvalue weighted by Gasteiger charge is 2.19. The lowest BCUT2D eigenvalue weighted by Gasteiger charge is -2.16. The monoisotopic (exact) mass is 452 g/mol. The predicted molar refractivity (Wildman–Crippen MR) is 125 cm³/mol. The number of hydrogen-bond donors (Lipinski definition) is 0. The van der Waals surface area contributed by atoms with Crippen molar-refractivity contribution in [2.75, 3.05) is 6.26 Å². The minimum atomic E-state index is -0.650. The maximum atomic E-state index is 12.1. The van der Waals surface area contributed by atoms with E-state index < -0.39 is 17.9 Å². The van der Waals surface area contributed by atoms with Gasteiger partial charge in [-0.05, 0) is 62.4 Å². The van der Waals surface area contributed by atoms with E-state index in [0.717, 1.165) is 16.0 Å². The number of thioether (sulfide) groups is 1. The quantitative estimate of drug-likeness (QED) is 0.226. The van der Waals surface area contributed by atoms with E-state index in [4.69, 9.17) is 14.2 Å². The van der Waals surface area contributed by atoms with Crippen LogP contribution in [0.2, 0.25) is 0 Å². The zero-order valence-electron chi connectivity index (χ0n) is 18.4. The molecule has 0 aliphatic carbocycles. The van der Waals surface area contributed by atoms with Crippen LogP contribution in [0.5, 0.6) is 17.2 Å². The molecule has 0 aliphatic heterocycles. The third-order valence-corrected chi connectivity index (χ3v) is 4.87. The van der Waals surface area contributed by atoms with Crippen LogP contribution in [0.4, 0.5) is 0 Å². The molecule has 2 aromatic carbocycles. The van der Waals surface area contributed by atoms with Crippen molar-refractivity contribution in [1.29, 1.82) is 0 Å². The normalized spacial score (nSPS) is 10.1. The molecule has 2 rings (SSSR count). The van der Waals surface area contributed by atoms with E-state index >= 15 is 0 Å². The zero-order chi connectivity index (χ0) is 24.0. The number of benzene rings is 2. The molecular weight excluding hydrogens is 428 g/mol. The van der Waals surface area contributed by atoms with Crippen LogP contribution < -0.4 is 14.2 Å². The average molecular weight is 453 g/mol. The van der Waals surface area contributed by atoms with Crippen LogP contribution in [0.25, 0.3) is 11.1 Å². The van der Waals surface area contributed by atoms with Gasteiger partial charge in [-0.2, -0.15) is 0 Å². The maximum absolute atomic E-state index is 12.1. The van der Waals surface area contributed by atoms with Crippen molar-refractivity contribution < 1.29 is 28.6 Å². The third kappa shape index (κ3) is 6.21. The summed E-state index contributed by atoms with van der Waals surface area (Å²) in [6.07, 6.45) is 1.87. The molecule has 0 atom stereocenters. The number of hydrogen-bond acceptors (Lipinski definition) is 7. The molecule has 0 saturated carbocycles. The first kappa shape index (κ1) is 24.7. The molecule has 7 heteroatoms. The van der Waals surface area contributed by atoms with Gasteiger partial charge in [-0.3, -0.25) is 0 Å². The van der Waals surface area contributed by atoms with E-state index in [1.165, 1.54) is 25.6 Å². The number of carbonyl (C=O) groups is 3. The van der Waals surface area contributed by atoms with Gasteiger partial charge >= 0.3 is 17.9 Å². The van der Waals surface area contributed by atoms with Crippen molar-refractivity contribution in [2.24, 2.45) is 0 Å².